The zero-order valence-corrected chi connectivity index (χ0v) is 15.0. The highest BCUT2D eigenvalue weighted by Gasteiger charge is 1.98. The fourth-order valence-electron chi connectivity index (χ4n) is 2.17. The van der Waals surface area contributed by atoms with Crippen LogP contribution in [0.25, 0.3) is 0 Å². The van der Waals surface area contributed by atoms with Crippen molar-refractivity contribution in [2.75, 3.05) is 25.1 Å². The molecule has 8 nitrogen and oxygen atoms in total. The minimum Gasteiger partial charge on any atom is -0.497 e. The van der Waals surface area contributed by atoms with Gasteiger partial charge in [0, 0.05) is 6.07 Å². The third kappa shape index (κ3) is 5.33. The summed E-state index contributed by atoms with van der Waals surface area (Å²) in [7, 11) is 3.27. The van der Waals surface area contributed by atoms with E-state index in [1.54, 1.807) is 32.7 Å². The van der Waals surface area contributed by atoms with E-state index in [4.69, 9.17) is 9.47 Å². The molecular formula is C19H20N6O2. The van der Waals surface area contributed by atoms with Crippen LogP contribution in [-0.4, -0.2) is 36.8 Å². The highest BCUT2D eigenvalue weighted by molar-refractivity contribution is 5.81. The predicted octanol–water partition coefficient (Wildman–Crippen LogP) is 3.32. The molecule has 0 aliphatic carbocycles. The number of benzene rings is 2. The summed E-state index contributed by atoms with van der Waals surface area (Å²) in [5.74, 6) is 2.82. The Hall–Kier alpha value is -3.81. The number of anilines is 2. The van der Waals surface area contributed by atoms with Crippen LogP contribution in [0.1, 0.15) is 11.1 Å². The van der Waals surface area contributed by atoms with E-state index in [0.29, 0.717) is 11.6 Å². The van der Waals surface area contributed by atoms with Gasteiger partial charge in [0.05, 0.1) is 26.6 Å². The molecule has 0 amide bonds. The van der Waals surface area contributed by atoms with Crippen molar-refractivity contribution in [1.82, 2.24) is 10.2 Å². The smallest absolute Gasteiger partial charge is 0.170 e. The lowest BCUT2D eigenvalue weighted by atomic mass is 10.2. The SMILES string of the molecule is COc1ccc(/C=N/Nc2cc(N/N=C/c3ccc(OC)cc3)[nH]n2)cc1. The van der Waals surface area contributed by atoms with Gasteiger partial charge in [0.25, 0.3) is 0 Å². The van der Waals surface area contributed by atoms with E-state index in [1.165, 1.54) is 0 Å². The standard InChI is InChI=1S/C19H20N6O2/c1-26-16-7-3-14(4-8-16)12-20-22-18-11-19(25-24-18)23-21-13-15-5-9-17(27-2)10-6-15/h3-13H,1-2H3,(H3,22,23,24,25)/b20-12+,21-13+. The van der Waals surface area contributed by atoms with Gasteiger partial charge in [0.15, 0.2) is 5.82 Å². The van der Waals surface area contributed by atoms with E-state index in [9.17, 15) is 0 Å². The van der Waals surface area contributed by atoms with E-state index < -0.39 is 0 Å². The van der Waals surface area contributed by atoms with Crippen molar-refractivity contribution in [2.24, 2.45) is 10.2 Å². The number of hydrogen-bond donors (Lipinski definition) is 3. The van der Waals surface area contributed by atoms with Crippen LogP contribution >= 0.6 is 0 Å². The Bertz CT molecular complexity index is 827. The molecule has 0 saturated heterocycles. The number of aromatic nitrogens is 2. The van der Waals surface area contributed by atoms with Crippen LogP contribution in [0.5, 0.6) is 11.5 Å². The third-order valence-electron chi connectivity index (χ3n) is 3.60. The monoisotopic (exact) mass is 364 g/mol. The molecule has 1 heterocycles. The van der Waals surface area contributed by atoms with Crippen molar-refractivity contribution in [2.45, 2.75) is 0 Å². The molecule has 0 aliphatic heterocycles. The number of ether oxygens (including phenoxy) is 2. The first-order chi connectivity index (χ1) is 13.3. The molecule has 3 N–H and O–H groups in total. The van der Waals surface area contributed by atoms with Crippen LogP contribution in [0.3, 0.4) is 0 Å². The number of H-pyrrole nitrogens is 1. The van der Waals surface area contributed by atoms with Gasteiger partial charge in [-0.05, 0) is 59.7 Å². The van der Waals surface area contributed by atoms with Gasteiger partial charge in [0.2, 0.25) is 0 Å². The summed E-state index contributed by atoms with van der Waals surface area (Å²) in [6.07, 6.45) is 3.40. The summed E-state index contributed by atoms with van der Waals surface area (Å²) in [6, 6.07) is 16.9. The van der Waals surface area contributed by atoms with Crippen molar-refractivity contribution >= 4 is 24.1 Å². The van der Waals surface area contributed by atoms with Crippen molar-refractivity contribution in [3.63, 3.8) is 0 Å². The minimum atomic E-state index is 0.571. The van der Waals surface area contributed by atoms with Crippen LogP contribution in [0.4, 0.5) is 11.6 Å². The lowest BCUT2D eigenvalue weighted by Crippen LogP contribution is -1.91. The third-order valence-corrected chi connectivity index (χ3v) is 3.60. The molecule has 3 aromatic rings. The van der Waals surface area contributed by atoms with Gasteiger partial charge < -0.3 is 9.47 Å². The van der Waals surface area contributed by atoms with Gasteiger partial charge in [0.1, 0.15) is 17.3 Å². The number of hydrogen-bond acceptors (Lipinski definition) is 7. The highest BCUT2D eigenvalue weighted by atomic mass is 16.5. The van der Waals surface area contributed by atoms with Crippen LogP contribution in [-0.2, 0) is 0 Å². The average molecular weight is 364 g/mol. The molecule has 0 spiro atoms. The second-order valence-electron chi connectivity index (χ2n) is 5.45. The Labute approximate surface area is 156 Å². The topological polar surface area (TPSA) is 95.9 Å². The summed E-state index contributed by atoms with van der Waals surface area (Å²) in [6.45, 7) is 0. The average Bonchev–Trinajstić information content (AvgIpc) is 3.17. The molecule has 0 saturated carbocycles. The van der Waals surface area contributed by atoms with Gasteiger partial charge in [-0.25, -0.2) is 0 Å². The first-order valence-electron chi connectivity index (χ1n) is 8.18. The molecule has 0 radical (unpaired) electrons. The van der Waals surface area contributed by atoms with Gasteiger partial charge in [-0.2, -0.15) is 15.3 Å². The van der Waals surface area contributed by atoms with E-state index in [-0.39, 0.29) is 0 Å². The van der Waals surface area contributed by atoms with E-state index >= 15 is 0 Å². The van der Waals surface area contributed by atoms with Gasteiger partial charge in [-0.15, -0.1) is 0 Å². The molecule has 0 fully saturated rings. The molecule has 8 heteroatoms. The number of rotatable bonds is 8. The van der Waals surface area contributed by atoms with Crippen LogP contribution in [0.15, 0.2) is 64.8 Å². The molecule has 0 aliphatic rings. The molecule has 1 aromatic heterocycles. The lowest BCUT2D eigenvalue weighted by Gasteiger charge is -1.99. The number of nitrogens with zero attached hydrogens (tertiary/aromatic N) is 3. The zero-order chi connectivity index (χ0) is 18.9. The first-order valence-corrected chi connectivity index (χ1v) is 8.18. The van der Waals surface area contributed by atoms with Crippen molar-refractivity contribution < 1.29 is 9.47 Å². The molecule has 3 rings (SSSR count). The molecule has 27 heavy (non-hydrogen) atoms. The maximum Gasteiger partial charge on any atom is 0.170 e. The molecule has 0 unspecified atom stereocenters. The van der Waals surface area contributed by atoms with Crippen molar-refractivity contribution in [3.05, 3.63) is 65.7 Å². The molecule has 0 bridgehead atoms. The van der Waals surface area contributed by atoms with Gasteiger partial charge in [-0.1, -0.05) is 0 Å². The molecular weight excluding hydrogens is 344 g/mol. The Morgan fingerprint density at radius 3 is 1.85 bits per heavy atom. The summed E-state index contributed by atoms with van der Waals surface area (Å²) >= 11 is 0. The summed E-state index contributed by atoms with van der Waals surface area (Å²) in [5.41, 5.74) is 7.63. The largest absolute Gasteiger partial charge is 0.497 e. The second kappa shape index (κ2) is 9.04. The van der Waals surface area contributed by atoms with E-state index in [0.717, 1.165) is 22.6 Å². The van der Waals surface area contributed by atoms with Gasteiger partial charge >= 0.3 is 0 Å². The number of aromatic amines is 1. The second-order valence-corrected chi connectivity index (χ2v) is 5.45. The maximum atomic E-state index is 5.12. The minimum absolute atomic E-state index is 0.571. The summed E-state index contributed by atoms with van der Waals surface area (Å²) in [5, 5.41) is 15.2. The normalized spacial score (nSPS) is 11.0. The number of nitrogens with one attached hydrogen (secondary N) is 3. The van der Waals surface area contributed by atoms with E-state index in [2.05, 4.69) is 31.3 Å². The van der Waals surface area contributed by atoms with E-state index in [1.807, 2.05) is 48.5 Å². The zero-order valence-electron chi connectivity index (χ0n) is 15.0. The maximum absolute atomic E-state index is 5.12. The van der Waals surface area contributed by atoms with Crippen molar-refractivity contribution in [1.29, 1.82) is 0 Å². The van der Waals surface area contributed by atoms with Gasteiger partial charge in [-0.3, -0.25) is 16.0 Å². The highest BCUT2D eigenvalue weighted by Crippen LogP contribution is 2.12. The number of methoxy groups -OCH3 is 2. The Morgan fingerprint density at radius 2 is 1.33 bits per heavy atom. The Balaban J connectivity index is 1.50. The van der Waals surface area contributed by atoms with Crippen LogP contribution in [0.2, 0.25) is 0 Å². The summed E-state index contributed by atoms with van der Waals surface area (Å²) < 4.78 is 10.2. The fraction of sp³-hybridized carbons (Fsp3) is 0.105. The fourth-order valence-corrected chi connectivity index (χ4v) is 2.17. The Morgan fingerprint density at radius 1 is 0.815 bits per heavy atom. The van der Waals surface area contributed by atoms with Crippen molar-refractivity contribution in [3.8, 4) is 11.5 Å². The Kier molecular flexibility index (Phi) is 6.03. The quantitative estimate of drug-likeness (QED) is 0.421. The van der Waals surface area contributed by atoms with Crippen LogP contribution in [0, 0.1) is 0 Å². The first kappa shape index (κ1) is 18.0. The molecule has 2 aromatic carbocycles. The molecule has 0 atom stereocenters. The lowest BCUT2D eigenvalue weighted by molar-refractivity contribution is 0.414. The number of hydrazone groups is 2. The molecule has 138 valence electrons. The van der Waals surface area contributed by atoms with Crippen LogP contribution < -0.4 is 20.3 Å². The summed E-state index contributed by atoms with van der Waals surface area (Å²) in [4.78, 5) is 0. The predicted molar refractivity (Wildman–Crippen MR) is 107 cm³/mol.